The summed E-state index contributed by atoms with van der Waals surface area (Å²) >= 11 is 6.38. The highest BCUT2D eigenvalue weighted by Crippen LogP contribution is 2.28. The van der Waals surface area contributed by atoms with Crippen LogP contribution >= 0.6 is 11.6 Å². The summed E-state index contributed by atoms with van der Waals surface area (Å²) in [6.45, 7) is 3.22. The molecular weight excluding hydrogens is 435 g/mol. The van der Waals surface area contributed by atoms with Gasteiger partial charge in [0.25, 0.3) is 0 Å². The maximum atomic E-state index is 12.4. The molecule has 2 N–H and O–H groups in total. The fraction of sp³-hybridized carbons (Fsp3) is 0.208. The Morgan fingerprint density at radius 3 is 2.70 bits per heavy atom. The Morgan fingerprint density at radius 2 is 1.94 bits per heavy atom. The van der Waals surface area contributed by atoms with Crippen LogP contribution in [0.1, 0.15) is 12.0 Å². The average molecular weight is 459 g/mol. The molecule has 2 radical (unpaired) electrons. The third-order valence-corrected chi connectivity index (χ3v) is 5.60. The van der Waals surface area contributed by atoms with Crippen LogP contribution in [0.2, 0.25) is 5.02 Å². The highest BCUT2D eigenvalue weighted by molar-refractivity contribution is 6.36. The molecule has 2 aromatic carbocycles. The summed E-state index contributed by atoms with van der Waals surface area (Å²) in [5, 5.41) is 11.2. The first kappa shape index (κ1) is 22.7. The van der Waals surface area contributed by atoms with E-state index < -0.39 is 0 Å². The molecule has 2 amide bonds. The van der Waals surface area contributed by atoms with E-state index in [1.54, 1.807) is 22.7 Å². The van der Waals surface area contributed by atoms with Crippen molar-refractivity contribution in [3.63, 3.8) is 0 Å². The Bertz CT molecular complexity index is 1270. The highest BCUT2D eigenvalue weighted by Gasteiger charge is 2.13. The van der Waals surface area contributed by atoms with Gasteiger partial charge in [-0.15, -0.1) is 0 Å². The number of amides is 2. The maximum absolute atomic E-state index is 12.4. The van der Waals surface area contributed by atoms with E-state index >= 15 is 0 Å². The molecule has 0 atom stereocenters. The van der Waals surface area contributed by atoms with Crippen molar-refractivity contribution in [1.82, 2.24) is 19.5 Å². The van der Waals surface area contributed by atoms with Crippen LogP contribution in [0.3, 0.4) is 0 Å². The molecule has 0 spiro atoms. The number of benzene rings is 2. The number of aromatic nitrogens is 3. The summed E-state index contributed by atoms with van der Waals surface area (Å²) < 4.78 is 1.67. The van der Waals surface area contributed by atoms with Crippen molar-refractivity contribution in [2.24, 2.45) is 0 Å². The van der Waals surface area contributed by atoms with Gasteiger partial charge in [-0.2, -0.15) is 9.61 Å². The SMILES string of the molecule is [B]c1cnn2c(NCCCN(C)C(=O)Nc3ccc(C)cc3)cc(-c3ccccc3Cl)nc12. The monoisotopic (exact) mass is 458 g/mol. The second-order valence-electron chi connectivity index (χ2n) is 7.84. The van der Waals surface area contributed by atoms with Crippen molar-refractivity contribution in [3.05, 3.63) is 71.4 Å². The molecule has 0 bridgehead atoms. The van der Waals surface area contributed by atoms with E-state index in [1.165, 1.54) is 0 Å². The smallest absolute Gasteiger partial charge is 0.321 e. The largest absolute Gasteiger partial charge is 0.370 e. The zero-order chi connectivity index (χ0) is 23.4. The lowest BCUT2D eigenvalue weighted by atomic mass is 10.0. The van der Waals surface area contributed by atoms with E-state index in [2.05, 4.69) is 20.7 Å². The number of nitrogens with zero attached hydrogens (tertiary/aromatic N) is 4. The number of urea groups is 1. The zero-order valence-electron chi connectivity index (χ0n) is 18.5. The van der Waals surface area contributed by atoms with Crippen LogP contribution in [-0.2, 0) is 0 Å². The quantitative estimate of drug-likeness (QED) is 0.323. The van der Waals surface area contributed by atoms with Crippen LogP contribution in [0.15, 0.2) is 60.8 Å². The number of nitrogens with one attached hydrogen (secondary N) is 2. The molecule has 0 fully saturated rings. The summed E-state index contributed by atoms with van der Waals surface area (Å²) in [5.74, 6) is 0.748. The number of hydrogen-bond donors (Lipinski definition) is 2. The molecule has 0 saturated heterocycles. The number of hydrogen-bond acceptors (Lipinski definition) is 4. The van der Waals surface area contributed by atoms with Crippen LogP contribution in [0.25, 0.3) is 16.9 Å². The van der Waals surface area contributed by atoms with Gasteiger partial charge in [-0.05, 0) is 37.0 Å². The van der Waals surface area contributed by atoms with Gasteiger partial charge >= 0.3 is 6.03 Å². The van der Waals surface area contributed by atoms with Crippen LogP contribution in [0, 0.1) is 6.92 Å². The number of halogens is 1. The van der Waals surface area contributed by atoms with Crippen molar-refractivity contribution < 1.29 is 4.79 Å². The number of anilines is 2. The number of fused-ring (bicyclic) bond motifs is 1. The van der Waals surface area contributed by atoms with Gasteiger partial charge in [-0.25, -0.2) is 9.78 Å². The minimum absolute atomic E-state index is 0.147. The lowest BCUT2D eigenvalue weighted by Crippen LogP contribution is -2.32. The van der Waals surface area contributed by atoms with Crippen molar-refractivity contribution in [3.8, 4) is 11.3 Å². The molecular formula is C24H24BClN6O. The predicted octanol–water partition coefficient (Wildman–Crippen LogP) is 4.12. The minimum atomic E-state index is -0.147. The number of carbonyl (C=O) groups excluding carboxylic acids is 1. The fourth-order valence-corrected chi connectivity index (χ4v) is 3.64. The van der Waals surface area contributed by atoms with Crippen LogP contribution < -0.4 is 16.1 Å². The third kappa shape index (κ3) is 5.29. The van der Waals surface area contributed by atoms with Crippen molar-refractivity contribution in [2.75, 3.05) is 30.8 Å². The van der Waals surface area contributed by atoms with Crippen molar-refractivity contribution in [2.45, 2.75) is 13.3 Å². The van der Waals surface area contributed by atoms with Crippen LogP contribution in [0.4, 0.5) is 16.3 Å². The van der Waals surface area contributed by atoms with Gasteiger partial charge in [-0.3, -0.25) is 0 Å². The number of aryl methyl sites for hydroxylation is 1. The summed E-state index contributed by atoms with van der Waals surface area (Å²) in [7, 11) is 7.85. The molecule has 33 heavy (non-hydrogen) atoms. The Morgan fingerprint density at radius 1 is 1.18 bits per heavy atom. The Balaban J connectivity index is 1.40. The molecule has 0 unspecified atom stereocenters. The molecule has 166 valence electrons. The Kier molecular flexibility index (Phi) is 6.84. The first-order chi connectivity index (χ1) is 15.9. The van der Waals surface area contributed by atoms with Gasteiger partial charge in [0.15, 0.2) is 5.65 Å². The van der Waals surface area contributed by atoms with Gasteiger partial charge in [0.2, 0.25) is 0 Å². The topological polar surface area (TPSA) is 74.6 Å². The second-order valence-corrected chi connectivity index (χ2v) is 8.25. The Labute approximate surface area is 199 Å². The maximum Gasteiger partial charge on any atom is 0.321 e. The predicted molar refractivity (Wildman–Crippen MR) is 135 cm³/mol. The molecule has 4 aromatic rings. The molecule has 4 rings (SSSR count). The van der Waals surface area contributed by atoms with E-state index in [9.17, 15) is 4.79 Å². The fourth-order valence-electron chi connectivity index (χ4n) is 3.40. The van der Waals surface area contributed by atoms with E-state index in [0.29, 0.717) is 34.9 Å². The molecule has 0 aliphatic heterocycles. The third-order valence-electron chi connectivity index (χ3n) is 5.27. The number of rotatable bonds is 7. The molecule has 0 saturated carbocycles. The summed E-state index contributed by atoms with van der Waals surface area (Å²) in [4.78, 5) is 18.7. The first-order valence-corrected chi connectivity index (χ1v) is 11.0. The summed E-state index contributed by atoms with van der Waals surface area (Å²) in [6, 6.07) is 17.0. The van der Waals surface area contributed by atoms with Gasteiger partial charge in [0.1, 0.15) is 13.7 Å². The molecule has 2 heterocycles. The average Bonchev–Trinajstić information content (AvgIpc) is 3.19. The molecule has 9 heteroatoms. The van der Waals surface area contributed by atoms with Crippen LogP contribution in [0.5, 0.6) is 0 Å². The molecule has 0 aliphatic carbocycles. The van der Waals surface area contributed by atoms with Crippen LogP contribution in [-0.4, -0.2) is 53.5 Å². The normalized spacial score (nSPS) is 10.9. The molecule has 2 aromatic heterocycles. The van der Waals surface area contributed by atoms with Crippen molar-refractivity contribution >= 4 is 48.1 Å². The first-order valence-electron chi connectivity index (χ1n) is 10.6. The van der Waals surface area contributed by atoms with Gasteiger partial charge in [-0.1, -0.05) is 47.5 Å². The van der Waals surface area contributed by atoms with E-state index in [-0.39, 0.29) is 6.03 Å². The minimum Gasteiger partial charge on any atom is -0.370 e. The van der Waals surface area contributed by atoms with E-state index in [0.717, 1.165) is 29.1 Å². The zero-order valence-corrected chi connectivity index (χ0v) is 19.3. The lowest BCUT2D eigenvalue weighted by Gasteiger charge is -2.18. The Hall–Kier alpha value is -3.52. The molecule has 0 aliphatic rings. The van der Waals surface area contributed by atoms with Gasteiger partial charge in [0, 0.05) is 48.7 Å². The summed E-state index contributed by atoms with van der Waals surface area (Å²) in [6.07, 6.45) is 2.31. The van der Waals surface area contributed by atoms with Crippen molar-refractivity contribution in [1.29, 1.82) is 0 Å². The van der Waals surface area contributed by atoms with E-state index in [1.807, 2.05) is 61.5 Å². The van der Waals surface area contributed by atoms with E-state index in [4.69, 9.17) is 19.4 Å². The number of carbonyl (C=O) groups is 1. The molecule has 7 nitrogen and oxygen atoms in total. The van der Waals surface area contributed by atoms with Gasteiger partial charge < -0.3 is 15.5 Å². The lowest BCUT2D eigenvalue weighted by molar-refractivity contribution is 0.222. The van der Waals surface area contributed by atoms with Gasteiger partial charge in [0.05, 0.1) is 5.69 Å². The highest BCUT2D eigenvalue weighted by atomic mass is 35.5. The summed E-state index contributed by atoms with van der Waals surface area (Å²) in [5.41, 5.74) is 4.49. The standard InChI is InChI=1S/C24H24BClN6O/c1-16-8-10-17(11-9-16)29-24(33)31(2)13-5-12-27-22-14-21(18-6-3-4-7-20(18)26)30-23-19(25)15-28-32(22)23/h3-4,6-11,14-15,27H,5,12-13H2,1-2H3,(H,29,33). The second kappa shape index (κ2) is 9.96.